The number of rotatable bonds is 2. The van der Waals surface area contributed by atoms with Gasteiger partial charge in [0.2, 0.25) is 0 Å². The molecule has 3 aromatic carbocycles. The standard InChI is InChI=1S/C20H12O2S/c21-19-15-8-4-5-9-16(15)20(22)18-12-14(10-11-17(18)19)23-13-6-2-1-3-7-13/h1-12H. The zero-order valence-corrected chi connectivity index (χ0v) is 13.0. The Morgan fingerprint density at radius 1 is 0.522 bits per heavy atom. The molecule has 1 aliphatic carbocycles. The SMILES string of the molecule is O=C1c2ccccc2C(=O)c2cc(Sc3ccccc3)ccc21. The molecule has 110 valence electrons. The third-order valence-corrected chi connectivity index (χ3v) is 4.87. The average molecular weight is 316 g/mol. The second kappa shape index (κ2) is 5.52. The molecule has 2 nitrogen and oxygen atoms in total. The fraction of sp³-hybridized carbons (Fsp3) is 0. The lowest BCUT2D eigenvalue weighted by atomic mass is 9.84. The van der Waals surface area contributed by atoms with Crippen LogP contribution < -0.4 is 0 Å². The van der Waals surface area contributed by atoms with E-state index in [1.54, 1.807) is 42.1 Å². The van der Waals surface area contributed by atoms with Gasteiger partial charge >= 0.3 is 0 Å². The molecule has 0 spiro atoms. The molecule has 0 heterocycles. The van der Waals surface area contributed by atoms with Crippen LogP contribution >= 0.6 is 11.8 Å². The molecule has 0 saturated heterocycles. The fourth-order valence-corrected chi connectivity index (χ4v) is 3.64. The Labute approximate surface area is 138 Å². The minimum Gasteiger partial charge on any atom is -0.289 e. The highest BCUT2D eigenvalue weighted by molar-refractivity contribution is 7.99. The first-order valence-corrected chi connectivity index (χ1v) is 8.11. The largest absolute Gasteiger partial charge is 0.289 e. The lowest BCUT2D eigenvalue weighted by molar-refractivity contribution is 0.0979. The van der Waals surface area contributed by atoms with Gasteiger partial charge in [-0.05, 0) is 30.3 Å². The van der Waals surface area contributed by atoms with Crippen molar-refractivity contribution < 1.29 is 9.59 Å². The van der Waals surface area contributed by atoms with Crippen molar-refractivity contribution in [2.75, 3.05) is 0 Å². The molecule has 4 rings (SSSR count). The maximum atomic E-state index is 12.7. The Balaban J connectivity index is 1.77. The molecular weight excluding hydrogens is 304 g/mol. The molecule has 0 atom stereocenters. The lowest BCUT2D eigenvalue weighted by Crippen LogP contribution is -2.20. The number of hydrogen-bond acceptors (Lipinski definition) is 3. The van der Waals surface area contributed by atoms with E-state index >= 15 is 0 Å². The average Bonchev–Trinajstić information content (AvgIpc) is 2.60. The second-order valence-electron chi connectivity index (χ2n) is 5.33. The molecule has 3 heteroatoms. The van der Waals surface area contributed by atoms with Crippen LogP contribution in [0.5, 0.6) is 0 Å². The van der Waals surface area contributed by atoms with Crippen LogP contribution in [0.15, 0.2) is 82.6 Å². The summed E-state index contributed by atoms with van der Waals surface area (Å²) in [5, 5.41) is 0. The number of fused-ring (bicyclic) bond motifs is 2. The van der Waals surface area contributed by atoms with Crippen molar-refractivity contribution >= 4 is 23.3 Å². The van der Waals surface area contributed by atoms with E-state index in [9.17, 15) is 9.59 Å². The predicted octanol–water partition coefficient (Wildman–Crippen LogP) is 4.61. The van der Waals surface area contributed by atoms with Gasteiger partial charge in [0.05, 0.1) is 0 Å². The second-order valence-corrected chi connectivity index (χ2v) is 6.47. The van der Waals surface area contributed by atoms with Crippen LogP contribution in [-0.4, -0.2) is 11.6 Å². The van der Waals surface area contributed by atoms with Gasteiger partial charge in [0.15, 0.2) is 11.6 Å². The van der Waals surface area contributed by atoms with Crippen LogP contribution in [0, 0.1) is 0 Å². The summed E-state index contributed by atoms with van der Waals surface area (Å²) in [5.41, 5.74) is 1.97. The van der Waals surface area contributed by atoms with E-state index in [0.29, 0.717) is 22.3 Å². The smallest absolute Gasteiger partial charge is 0.194 e. The van der Waals surface area contributed by atoms with Gasteiger partial charge in [-0.3, -0.25) is 9.59 Å². The summed E-state index contributed by atoms with van der Waals surface area (Å²) in [6.45, 7) is 0. The predicted molar refractivity (Wildman–Crippen MR) is 90.3 cm³/mol. The van der Waals surface area contributed by atoms with Crippen LogP contribution in [0.1, 0.15) is 31.8 Å². The van der Waals surface area contributed by atoms with Gasteiger partial charge in [-0.25, -0.2) is 0 Å². The summed E-state index contributed by atoms with van der Waals surface area (Å²) in [6.07, 6.45) is 0. The zero-order valence-electron chi connectivity index (χ0n) is 12.2. The van der Waals surface area contributed by atoms with Crippen molar-refractivity contribution in [3.63, 3.8) is 0 Å². The van der Waals surface area contributed by atoms with Crippen LogP contribution in [-0.2, 0) is 0 Å². The van der Waals surface area contributed by atoms with E-state index in [4.69, 9.17) is 0 Å². The number of benzene rings is 3. The molecule has 0 unspecified atom stereocenters. The van der Waals surface area contributed by atoms with E-state index in [1.807, 2.05) is 42.5 Å². The Morgan fingerprint density at radius 2 is 1.09 bits per heavy atom. The highest BCUT2D eigenvalue weighted by Crippen LogP contribution is 2.33. The molecule has 1 aliphatic rings. The number of carbonyl (C=O) groups excluding carboxylic acids is 2. The van der Waals surface area contributed by atoms with Gasteiger partial charge in [-0.1, -0.05) is 54.2 Å². The molecule has 0 amide bonds. The maximum Gasteiger partial charge on any atom is 0.194 e. The van der Waals surface area contributed by atoms with Crippen LogP contribution in [0.2, 0.25) is 0 Å². The van der Waals surface area contributed by atoms with Gasteiger partial charge in [0.1, 0.15) is 0 Å². The first-order chi connectivity index (χ1) is 11.2. The lowest BCUT2D eigenvalue weighted by Gasteiger charge is -2.17. The highest BCUT2D eigenvalue weighted by atomic mass is 32.2. The first kappa shape index (κ1) is 14.0. The molecule has 0 aliphatic heterocycles. The molecule has 3 aromatic rings. The molecule has 0 N–H and O–H groups in total. The summed E-state index contributed by atoms with van der Waals surface area (Å²) in [7, 11) is 0. The summed E-state index contributed by atoms with van der Waals surface area (Å²) in [5.74, 6) is -0.155. The molecule has 0 radical (unpaired) electrons. The third kappa shape index (κ3) is 2.39. The molecule has 23 heavy (non-hydrogen) atoms. The zero-order chi connectivity index (χ0) is 15.8. The van der Waals surface area contributed by atoms with Crippen LogP contribution in [0.4, 0.5) is 0 Å². The van der Waals surface area contributed by atoms with Gasteiger partial charge in [-0.15, -0.1) is 0 Å². The van der Waals surface area contributed by atoms with Crippen LogP contribution in [0.3, 0.4) is 0 Å². The Kier molecular flexibility index (Phi) is 3.36. The summed E-state index contributed by atoms with van der Waals surface area (Å²) >= 11 is 1.58. The van der Waals surface area contributed by atoms with Crippen molar-refractivity contribution in [2.24, 2.45) is 0 Å². The Morgan fingerprint density at radius 3 is 1.78 bits per heavy atom. The first-order valence-electron chi connectivity index (χ1n) is 7.29. The van der Waals surface area contributed by atoms with E-state index < -0.39 is 0 Å². The number of carbonyl (C=O) groups is 2. The third-order valence-electron chi connectivity index (χ3n) is 3.88. The van der Waals surface area contributed by atoms with Crippen molar-refractivity contribution in [1.29, 1.82) is 0 Å². The number of ketones is 2. The van der Waals surface area contributed by atoms with Crippen molar-refractivity contribution in [3.05, 3.63) is 95.1 Å². The van der Waals surface area contributed by atoms with E-state index in [2.05, 4.69) is 0 Å². The molecular formula is C20H12O2S. The topological polar surface area (TPSA) is 34.1 Å². The van der Waals surface area contributed by atoms with E-state index in [1.165, 1.54) is 0 Å². The maximum absolute atomic E-state index is 12.7. The van der Waals surface area contributed by atoms with Gasteiger partial charge < -0.3 is 0 Å². The van der Waals surface area contributed by atoms with Crippen molar-refractivity contribution in [2.45, 2.75) is 9.79 Å². The molecule has 0 saturated carbocycles. The number of hydrogen-bond donors (Lipinski definition) is 0. The summed E-state index contributed by atoms with van der Waals surface area (Å²) in [4.78, 5) is 27.3. The monoisotopic (exact) mass is 316 g/mol. The summed E-state index contributed by atoms with van der Waals surface area (Å²) in [6, 6.07) is 22.5. The summed E-state index contributed by atoms with van der Waals surface area (Å²) < 4.78 is 0. The minimum atomic E-state index is -0.0780. The fourth-order valence-electron chi connectivity index (χ4n) is 2.77. The Bertz CT molecular complexity index is 929. The van der Waals surface area contributed by atoms with Gasteiger partial charge in [0.25, 0.3) is 0 Å². The highest BCUT2D eigenvalue weighted by Gasteiger charge is 2.29. The van der Waals surface area contributed by atoms with E-state index in [-0.39, 0.29) is 11.6 Å². The minimum absolute atomic E-state index is 0.0774. The van der Waals surface area contributed by atoms with Gasteiger partial charge in [0, 0.05) is 32.0 Å². The van der Waals surface area contributed by atoms with Crippen molar-refractivity contribution in [3.8, 4) is 0 Å². The quantitative estimate of drug-likeness (QED) is 0.541. The van der Waals surface area contributed by atoms with Crippen molar-refractivity contribution in [1.82, 2.24) is 0 Å². The van der Waals surface area contributed by atoms with Gasteiger partial charge in [-0.2, -0.15) is 0 Å². The Hall–Kier alpha value is -2.65. The molecule has 0 fully saturated rings. The molecule has 0 bridgehead atoms. The molecule has 0 aromatic heterocycles. The van der Waals surface area contributed by atoms with E-state index in [0.717, 1.165) is 9.79 Å². The normalized spacial score (nSPS) is 12.7. The van der Waals surface area contributed by atoms with Crippen LogP contribution in [0.25, 0.3) is 0 Å².